The van der Waals surface area contributed by atoms with E-state index in [1.165, 1.54) is 36.7 Å². The van der Waals surface area contributed by atoms with Gasteiger partial charge < -0.3 is 5.32 Å². The summed E-state index contributed by atoms with van der Waals surface area (Å²) in [7, 11) is -3.70. The van der Waals surface area contributed by atoms with E-state index < -0.39 is 44.9 Å². The number of rotatable bonds is 3. The molecule has 0 spiro atoms. The largest absolute Gasteiger partial charge is 0.416 e. The minimum absolute atomic E-state index is 0.0110. The lowest BCUT2D eigenvalue weighted by atomic mass is 10.1. The fourth-order valence-electron chi connectivity index (χ4n) is 2.55. The molecule has 6 nitrogen and oxygen atoms in total. The quantitative estimate of drug-likeness (QED) is 0.499. The highest BCUT2D eigenvalue weighted by Gasteiger charge is 2.37. The zero-order valence-corrected chi connectivity index (χ0v) is 16.5. The van der Waals surface area contributed by atoms with Crippen molar-refractivity contribution in [3.63, 3.8) is 0 Å². The summed E-state index contributed by atoms with van der Waals surface area (Å²) in [6.07, 6.45) is -5.13. The predicted octanol–water partition coefficient (Wildman–Crippen LogP) is 5.63. The molecule has 0 saturated heterocycles. The number of carbonyl (C=O) groups excluding carboxylic acids is 1. The molecule has 2 heterocycles. The fraction of sp³-hybridized carbons (Fsp3) is 0.105. The maximum atomic E-state index is 13.6. The molecule has 0 aliphatic heterocycles. The number of anilines is 1. The van der Waals surface area contributed by atoms with E-state index in [1.54, 1.807) is 0 Å². The summed E-state index contributed by atoms with van der Waals surface area (Å²) < 4.78 is 95.3. The van der Waals surface area contributed by atoms with E-state index >= 15 is 0 Å². The summed E-state index contributed by atoms with van der Waals surface area (Å²) >= 11 is 0. The Morgan fingerprint density at radius 1 is 0.844 bits per heavy atom. The average molecular weight is 474 g/mol. The van der Waals surface area contributed by atoms with Gasteiger partial charge in [0.25, 0.3) is 0 Å². The zero-order valence-electron chi connectivity index (χ0n) is 15.7. The molecule has 0 aliphatic rings. The van der Waals surface area contributed by atoms with Gasteiger partial charge in [-0.1, -0.05) is 0 Å². The maximum absolute atomic E-state index is 13.6. The van der Waals surface area contributed by atoms with Gasteiger partial charge in [0.1, 0.15) is 9.73 Å². The van der Waals surface area contributed by atoms with Crippen LogP contribution in [0.15, 0.2) is 81.4 Å². The molecule has 3 rings (SSSR count). The van der Waals surface area contributed by atoms with Gasteiger partial charge in [0.2, 0.25) is 0 Å². The lowest BCUT2D eigenvalue weighted by molar-refractivity contribution is -0.143. The summed E-state index contributed by atoms with van der Waals surface area (Å²) in [5.41, 5.74) is -4.06. The van der Waals surface area contributed by atoms with E-state index in [4.69, 9.17) is 0 Å². The van der Waals surface area contributed by atoms with Gasteiger partial charge in [0, 0.05) is 30.5 Å². The Balaban J connectivity index is 2.08. The Bertz CT molecular complexity index is 1160. The Morgan fingerprint density at radius 2 is 1.31 bits per heavy atom. The molecule has 2 aromatic heterocycles. The van der Waals surface area contributed by atoms with E-state index in [1.807, 2.05) is 5.32 Å². The van der Waals surface area contributed by atoms with Crippen molar-refractivity contribution in [3.8, 4) is 0 Å². The number of amides is 2. The summed E-state index contributed by atoms with van der Waals surface area (Å²) in [4.78, 5) is 20.0. The summed E-state index contributed by atoms with van der Waals surface area (Å²) in [5.74, 6) is 0. The van der Waals surface area contributed by atoms with E-state index in [-0.39, 0.29) is 15.9 Å². The lowest BCUT2D eigenvalue weighted by Gasteiger charge is -2.14. The minimum Gasteiger partial charge on any atom is -0.306 e. The molecule has 0 unspecified atom stereocenters. The molecule has 32 heavy (non-hydrogen) atoms. The summed E-state index contributed by atoms with van der Waals surface area (Å²) in [5, 5.41) is 1.84. The highest BCUT2D eigenvalue weighted by atomic mass is 32.2. The van der Waals surface area contributed by atoms with Gasteiger partial charge in [-0.2, -0.15) is 26.3 Å². The van der Waals surface area contributed by atoms with Crippen LogP contribution in [0.1, 0.15) is 11.1 Å². The van der Waals surface area contributed by atoms with Crippen molar-refractivity contribution in [1.82, 2.24) is 9.97 Å². The Morgan fingerprint density at radius 3 is 1.69 bits per heavy atom. The number of hydrogen-bond donors (Lipinski definition) is 1. The van der Waals surface area contributed by atoms with E-state index in [2.05, 4.69) is 14.3 Å². The molecule has 13 heteroatoms. The second kappa shape index (κ2) is 8.57. The Kier molecular flexibility index (Phi) is 6.21. The highest BCUT2D eigenvalue weighted by molar-refractivity contribution is 7.94. The van der Waals surface area contributed by atoms with Crippen molar-refractivity contribution >= 4 is 21.4 Å². The topological polar surface area (TPSA) is 84.3 Å². The van der Waals surface area contributed by atoms with Crippen LogP contribution in [-0.4, -0.2) is 20.2 Å². The van der Waals surface area contributed by atoms with Gasteiger partial charge in [0.05, 0.1) is 20.9 Å². The van der Waals surface area contributed by atoms with Gasteiger partial charge in [0.15, 0.2) is 0 Å². The molecule has 0 atom stereocenters. The molecule has 1 N–H and O–H groups in total. The Labute approximate surface area is 177 Å². The maximum Gasteiger partial charge on any atom is 0.416 e. The number of nitrogens with one attached hydrogen (secondary N) is 1. The van der Waals surface area contributed by atoms with Crippen LogP contribution in [0, 0.1) is 0 Å². The van der Waals surface area contributed by atoms with Crippen molar-refractivity contribution < 1.29 is 35.3 Å². The van der Waals surface area contributed by atoms with Gasteiger partial charge >= 0.3 is 18.4 Å². The molecule has 2 amide bonds. The molecule has 0 bridgehead atoms. The van der Waals surface area contributed by atoms with Crippen molar-refractivity contribution in [3.05, 3.63) is 78.4 Å². The smallest absolute Gasteiger partial charge is 0.306 e. The highest BCUT2D eigenvalue weighted by Crippen LogP contribution is 2.37. The third kappa shape index (κ3) is 5.22. The van der Waals surface area contributed by atoms with Crippen LogP contribution in [-0.2, 0) is 22.1 Å². The second-order valence-electron chi connectivity index (χ2n) is 6.22. The SMILES string of the molecule is O=C(N=S(=O)(c1cccnc1)c1cccnc1)Nc1cc(C(F)(F)F)cc(C(F)(F)F)c1. The van der Waals surface area contributed by atoms with Crippen molar-refractivity contribution in [1.29, 1.82) is 0 Å². The zero-order chi connectivity index (χ0) is 23.6. The van der Waals surface area contributed by atoms with Gasteiger partial charge in [-0.05, 0) is 42.5 Å². The van der Waals surface area contributed by atoms with Crippen LogP contribution < -0.4 is 5.32 Å². The number of aromatic nitrogens is 2. The average Bonchev–Trinajstić information content (AvgIpc) is 2.73. The number of halogens is 6. The van der Waals surface area contributed by atoms with Crippen LogP contribution in [0.4, 0.5) is 36.8 Å². The van der Waals surface area contributed by atoms with Crippen LogP contribution >= 0.6 is 0 Å². The van der Waals surface area contributed by atoms with Gasteiger partial charge in [-0.15, -0.1) is 4.36 Å². The number of pyridine rings is 2. The van der Waals surface area contributed by atoms with Crippen molar-refractivity contribution in [2.24, 2.45) is 4.36 Å². The number of alkyl halides is 6. The molecule has 0 aliphatic carbocycles. The number of carbonyl (C=O) groups is 1. The molecular formula is C19H12F6N4O2S. The Hall–Kier alpha value is -3.48. The van der Waals surface area contributed by atoms with Crippen molar-refractivity contribution in [2.75, 3.05) is 5.32 Å². The fourth-order valence-corrected chi connectivity index (χ4v) is 4.25. The number of hydrogen-bond acceptors (Lipinski definition) is 4. The first-order valence-electron chi connectivity index (χ1n) is 8.57. The molecule has 0 saturated carbocycles. The molecule has 3 aromatic rings. The van der Waals surface area contributed by atoms with Crippen LogP contribution in [0.25, 0.3) is 0 Å². The van der Waals surface area contributed by atoms with E-state index in [0.29, 0.717) is 12.1 Å². The third-order valence-electron chi connectivity index (χ3n) is 3.96. The monoisotopic (exact) mass is 474 g/mol. The number of benzene rings is 1. The van der Waals surface area contributed by atoms with E-state index in [0.717, 1.165) is 12.4 Å². The first-order chi connectivity index (χ1) is 14.9. The normalized spacial score (nSPS) is 12.3. The standard InChI is InChI=1S/C19H12F6N4O2S/c20-18(21,22)12-7-13(19(23,24)25)9-14(8-12)28-17(30)29-32(31,15-3-1-5-26-10-15)16-4-2-6-27-11-16/h1-11H,(H,28,30). The first-order valence-corrected chi connectivity index (χ1v) is 10.1. The number of nitrogens with zero attached hydrogens (tertiary/aromatic N) is 3. The second-order valence-corrected chi connectivity index (χ2v) is 8.40. The molecule has 0 fully saturated rings. The molecule has 168 valence electrons. The molecule has 1 aromatic carbocycles. The predicted molar refractivity (Wildman–Crippen MR) is 101 cm³/mol. The minimum atomic E-state index is -5.10. The van der Waals surface area contributed by atoms with Crippen LogP contribution in [0.3, 0.4) is 0 Å². The van der Waals surface area contributed by atoms with Crippen LogP contribution in [0.5, 0.6) is 0 Å². The van der Waals surface area contributed by atoms with Crippen LogP contribution in [0.2, 0.25) is 0 Å². The number of urea groups is 1. The summed E-state index contributed by atoms with van der Waals surface area (Å²) in [6.45, 7) is 0. The van der Waals surface area contributed by atoms with Crippen molar-refractivity contribution in [2.45, 2.75) is 22.1 Å². The summed E-state index contributed by atoms with van der Waals surface area (Å²) in [6, 6.07) is 4.67. The molecule has 0 radical (unpaired) electrons. The van der Waals surface area contributed by atoms with Gasteiger partial charge in [-0.3, -0.25) is 9.97 Å². The van der Waals surface area contributed by atoms with E-state index in [9.17, 15) is 35.3 Å². The third-order valence-corrected chi connectivity index (χ3v) is 6.14. The lowest BCUT2D eigenvalue weighted by Crippen LogP contribution is -2.15. The van der Waals surface area contributed by atoms with Gasteiger partial charge in [-0.25, -0.2) is 9.00 Å². The first kappa shape index (κ1) is 23.2. The molecular weight excluding hydrogens is 462 g/mol.